The van der Waals surface area contributed by atoms with Crippen molar-refractivity contribution < 1.29 is 13.2 Å². The third kappa shape index (κ3) is 5.29. The molecule has 31 heavy (non-hydrogen) atoms. The minimum absolute atomic E-state index is 0.0790. The Balaban J connectivity index is 1.33. The highest BCUT2D eigenvalue weighted by Crippen LogP contribution is 2.25. The van der Waals surface area contributed by atoms with E-state index < -0.39 is 10.0 Å². The third-order valence-corrected chi connectivity index (χ3v) is 8.21. The summed E-state index contributed by atoms with van der Waals surface area (Å²) in [5.41, 5.74) is 1.17. The number of hydrogen-bond donors (Lipinski definition) is 0. The van der Waals surface area contributed by atoms with Crippen molar-refractivity contribution in [3.63, 3.8) is 0 Å². The highest BCUT2D eigenvalue weighted by molar-refractivity contribution is 7.89. The van der Waals surface area contributed by atoms with Crippen molar-refractivity contribution in [2.75, 3.05) is 39.3 Å². The molecule has 2 fully saturated rings. The molecule has 2 aliphatic heterocycles. The van der Waals surface area contributed by atoms with Gasteiger partial charge in [0, 0.05) is 50.8 Å². The number of carbonyl (C=O) groups excluding carboxylic acids is 1. The first kappa shape index (κ1) is 22.3. The van der Waals surface area contributed by atoms with Gasteiger partial charge in [0.05, 0.1) is 10.8 Å². The molecule has 2 aliphatic rings. The van der Waals surface area contributed by atoms with E-state index >= 15 is 0 Å². The number of sulfonamides is 1. The predicted octanol–water partition coefficient (Wildman–Crippen LogP) is 3.09. The summed E-state index contributed by atoms with van der Waals surface area (Å²) in [7, 11) is -3.56. The van der Waals surface area contributed by atoms with E-state index in [1.54, 1.807) is 30.3 Å². The minimum atomic E-state index is -3.56. The molecule has 2 aromatic rings. The summed E-state index contributed by atoms with van der Waals surface area (Å²) in [6.07, 6.45) is 1.44. The molecule has 4 rings (SSSR count). The number of halogens is 1. The zero-order chi connectivity index (χ0) is 21.8. The van der Waals surface area contributed by atoms with Crippen molar-refractivity contribution in [2.45, 2.75) is 24.3 Å². The van der Waals surface area contributed by atoms with Crippen molar-refractivity contribution in [3.8, 4) is 0 Å². The smallest absolute Gasteiger partial charge is 0.243 e. The van der Waals surface area contributed by atoms with E-state index in [1.165, 1.54) is 9.87 Å². The van der Waals surface area contributed by atoms with Gasteiger partial charge in [0.2, 0.25) is 15.9 Å². The summed E-state index contributed by atoms with van der Waals surface area (Å²) in [5.74, 6) is -0.193. The van der Waals surface area contributed by atoms with Gasteiger partial charge >= 0.3 is 0 Å². The Morgan fingerprint density at radius 1 is 0.968 bits per heavy atom. The van der Waals surface area contributed by atoms with Crippen LogP contribution in [-0.2, 0) is 21.4 Å². The van der Waals surface area contributed by atoms with Crippen LogP contribution in [-0.4, -0.2) is 67.7 Å². The lowest BCUT2D eigenvalue weighted by atomic mass is 9.97. The van der Waals surface area contributed by atoms with Gasteiger partial charge in [0.1, 0.15) is 0 Å². The highest BCUT2D eigenvalue weighted by atomic mass is 35.5. The van der Waals surface area contributed by atoms with Crippen LogP contribution >= 0.6 is 11.6 Å². The molecular weight excluding hydrogens is 434 g/mol. The van der Waals surface area contributed by atoms with Crippen LogP contribution < -0.4 is 0 Å². The van der Waals surface area contributed by atoms with Gasteiger partial charge in [-0.05, 0) is 42.7 Å². The first-order valence-corrected chi connectivity index (χ1v) is 12.6. The van der Waals surface area contributed by atoms with Crippen molar-refractivity contribution in [2.24, 2.45) is 5.92 Å². The molecule has 0 radical (unpaired) electrons. The predicted molar refractivity (Wildman–Crippen MR) is 121 cm³/mol. The molecule has 0 aliphatic carbocycles. The van der Waals surface area contributed by atoms with Crippen LogP contribution in [0, 0.1) is 5.92 Å². The number of hydrogen-bond acceptors (Lipinski definition) is 4. The fraction of sp³-hybridized carbons (Fsp3) is 0.435. The number of nitrogens with zero attached hydrogens (tertiary/aromatic N) is 3. The summed E-state index contributed by atoms with van der Waals surface area (Å²) in [6.45, 7) is 4.49. The summed E-state index contributed by atoms with van der Waals surface area (Å²) in [5, 5.41) is 0.735. The maximum atomic E-state index is 13.1. The molecule has 6 nitrogen and oxygen atoms in total. The molecule has 166 valence electrons. The lowest BCUT2D eigenvalue weighted by Crippen LogP contribution is -2.52. The Kier molecular flexibility index (Phi) is 6.96. The van der Waals surface area contributed by atoms with Gasteiger partial charge in [-0.2, -0.15) is 4.31 Å². The third-order valence-electron chi connectivity index (χ3n) is 6.09. The Hall–Kier alpha value is -1.93. The van der Waals surface area contributed by atoms with Gasteiger partial charge in [-0.1, -0.05) is 41.9 Å². The molecule has 2 aromatic carbocycles. The van der Waals surface area contributed by atoms with E-state index in [0.717, 1.165) is 31.1 Å². The molecule has 2 saturated heterocycles. The second-order valence-electron chi connectivity index (χ2n) is 8.25. The number of piperidine rings is 1. The summed E-state index contributed by atoms with van der Waals surface area (Å²) in [6, 6.07) is 16.3. The van der Waals surface area contributed by atoms with Crippen molar-refractivity contribution in [1.29, 1.82) is 0 Å². The normalized spacial score (nSPS) is 21.2. The van der Waals surface area contributed by atoms with E-state index in [1.807, 2.05) is 23.1 Å². The van der Waals surface area contributed by atoms with E-state index in [4.69, 9.17) is 11.6 Å². The second-order valence-corrected chi connectivity index (χ2v) is 10.6. The number of benzene rings is 2. The van der Waals surface area contributed by atoms with E-state index in [0.29, 0.717) is 26.1 Å². The lowest BCUT2D eigenvalue weighted by Gasteiger charge is -2.38. The van der Waals surface area contributed by atoms with Crippen LogP contribution in [0.4, 0.5) is 0 Å². The quantitative estimate of drug-likeness (QED) is 0.686. The Bertz CT molecular complexity index is 1010. The van der Waals surface area contributed by atoms with Gasteiger partial charge in [0.15, 0.2) is 0 Å². The van der Waals surface area contributed by atoms with Gasteiger partial charge in [-0.25, -0.2) is 8.42 Å². The van der Waals surface area contributed by atoms with Gasteiger partial charge in [0.25, 0.3) is 0 Å². The minimum Gasteiger partial charge on any atom is -0.340 e. The number of amides is 1. The standard InChI is InChI=1S/C23H28ClN3O3S/c24-21-8-4-6-19(16-21)17-25-12-14-26(15-13-25)23(28)20-7-5-11-27(18-20)31(29,30)22-9-2-1-3-10-22/h1-4,6,8-10,16,20H,5,7,11-15,17-18H2. The molecule has 1 unspecified atom stereocenters. The maximum Gasteiger partial charge on any atom is 0.243 e. The van der Waals surface area contributed by atoms with Crippen LogP contribution in [0.15, 0.2) is 59.5 Å². The number of rotatable bonds is 5. The van der Waals surface area contributed by atoms with E-state index in [-0.39, 0.29) is 23.3 Å². The van der Waals surface area contributed by atoms with Crippen LogP contribution in [0.25, 0.3) is 0 Å². The Labute approximate surface area is 189 Å². The summed E-state index contributed by atoms with van der Waals surface area (Å²) >= 11 is 6.08. The van der Waals surface area contributed by atoms with Gasteiger partial charge < -0.3 is 4.90 Å². The number of carbonyl (C=O) groups is 1. The largest absolute Gasteiger partial charge is 0.340 e. The molecule has 2 heterocycles. The second kappa shape index (κ2) is 9.69. The fourth-order valence-corrected chi connectivity index (χ4v) is 6.14. The maximum absolute atomic E-state index is 13.1. The summed E-state index contributed by atoms with van der Waals surface area (Å²) in [4.78, 5) is 17.7. The number of piperazine rings is 1. The van der Waals surface area contributed by atoms with Crippen LogP contribution in [0.5, 0.6) is 0 Å². The average Bonchev–Trinajstić information content (AvgIpc) is 2.80. The Morgan fingerprint density at radius 2 is 1.71 bits per heavy atom. The van der Waals surface area contributed by atoms with Crippen LogP contribution in [0.2, 0.25) is 5.02 Å². The van der Waals surface area contributed by atoms with Crippen molar-refractivity contribution >= 4 is 27.5 Å². The van der Waals surface area contributed by atoms with Gasteiger partial charge in [-0.15, -0.1) is 0 Å². The molecular formula is C23H28ClN3O3S. The first-order valence-electron chi connectivity index (χ1n) is 10.7. The molecule has 0 spiro atoms. The molecule has 0 bridgehead atoms. The molecule has 0 aromatic heterocycles. The van der Waals surface area contributed by atoms with Crippen LogP contribution in [0.1, 0.15) is 18.4 Å². The van der Waals surface area contributed by atoms with E-state index in [9.17, 15) is 13.2 Å². The first-order chi connectivity index (χ1) is 14.9. The molecule has 0 saturated carbocycles. The average molecular weight is 462 g/mol. The van der Waals surface area contributed by atoms with Crippen LogP contribution in [0.3, 0.4) is 0 Å². The molecule has 1 amide bonds. The SMILES string of the molecule is O=C(C1CCCN(S(=O)(=O)c2ccccc2)C1)N1CCN(Cc2cccc(Cl)c2)CC1. The van der Waals surface area contributed by atoms with Crippen molar-refractivity contribution in [1.82, 2.24) is 14.1 Å². The lowest BCUT2D eigenvalue weighted by molar-refractivity contribution is -0.138. The Morgan fingerprint density at radius 3 is 2.42 bits per heavy atom. The summed E-state index contributed by atoms with van der Waals surface area (Å²) < 4.78 is 27.4. The fourth-order valence-electron chi connectivity index (χ4n) is 4.38. The topological polar surface area (TPSA) is 60.9 Å². The monoisotopic (exact) mass is 461 g/mol. The zero-order valence-electron chi connectivity index (χ0n) is 17.5. The van der Waals surface area contributed by atoms with E-state index in [2.05, 4.69) is 11.0 Å². The van der Waals surface area contributed by atoms with Gasteiger partial charge in [-0.3, -0.25) is 9.69 Å². The molecule has 0 N–H and O–H groups in total. The zero-order valence-corrected chi connectivity index (χ0v) is 19.1. The molecule has 1 atom stereocenters. The van der Waals surface area contributed by atoms with Crippen molar-refractivity contribution in [3.05, 3.63) is 65.2 Å². The molecule has 8 heteroatoms. The highest BCUT2D eigenvalue weighted by Gasteiger charge is 2.35.